The number of halogens is 2. The van der Waals surface area contributed by atoms with Crippen molar-refractivity contribution < 1.29 is 4.39 Å². The highest BCUT2D eigenvalue weighted by Gasteiger charge is 2.10. The molecule has 1 aromatic rings. The van der Waals surface area contributed by atoms with Gasteiger partial charge in [0, 0.05) is 12.5 Å². The number of nitrogens with two attached hydrogens (primary N) is 1. The van der Waals surface area contributed by atoms with Crippen LogP contribution in [0.2, 0.25) is 0 Å². The van der Waals surface area contributed by atoms with Gasteiger partial charge in [0.15, 0.2) is 0 Å². The predicted octanol–water partition coefficient (Wildman–Crippen LogP) is 2.90. The second-order valence-corrected chi connectivity index (χ2v) is 4.21. The number of hydrazine groups is 1. The summed E-state index contributed by atoms with van der Waals surface area (Å²) in [6, 6.07) is 4.89. The molecule has 1 rings (SSSR count). The van der Waals surface area contributed by atoms with Crippen LogP contribution in [-0.4, -0.2) is 0 Å². The number of benzene rings is 1. The quantitative estimate of drug-likeness (QED) is 0.507. The molecule has 0 bridgehead atoms. The van der Waals surface area contributed by atoms with Gasteiger partial charge in [0.1, 0.15) is 5.82 Å². The summed E-state index contributed by atoms with van der Waals surface area (Å²) >= 11 is 3.15. The monoisotopic (exact) mass is 284 g/mol. The van der Waals surface area contributed by atoms with Crippen molar-refractivity contribution in [1.29, 1.82) is 0 Å². The van der Waals surface area contributed by atoms with Crippen LogP contribution in [0.3, 0.4) is 0 Å². The molecular formula is C12H14BrFN2. The van der Waals surface area contributed by atoms with E-state index < -0.39 is 0 Å². The fourth-order valence-electron chi connectivity index (χ4n) is 1.42. The van der Waals surface area contributed by atoms with E-state index in [-0.39, 0.29) is 11.9 Å². The second-order valence-electron chi connectivity index (χ2n) is 3.36. The minimum atomic E-state index is -0.270. The van der Waals surface area contributed by atoms with Gasteiger partial charge in [0.2, 0.25) is 0 Å². The molecule has 0 aliphatic heterocycles. The van der Waals surface area contributed by atoms with Gasteiger partial charge >= 0.3 is 0 Å². The number of hydrogen-bond acceptors (Lipinski definition) is 2. The normalized spacial score (nSPS) is 11.8. The lowest BCUT2D eigenvalue weighted by molar-refractivity contribution is 0.521. The van der Waals surface area contributed by atoms with Gasteiger partial charge in [-0.15, -0.1) is 11.8 Å². The first-order chi connectivity index (χ1) is 7.69. The van der Waals surface area contributed by atoms with Gasteiger partial charge in [-0.1, -0.05) is 6.07 Å². The Labute approximate surface area is 104 Å². The number of hydrogen-bond donors (Lipinski definition) is 2. The fraction of sp³-hybridized carbons (Fsp3) is 0.333. The summed E-state index contributed by atoms with van der Waals surface area (Å²) in [5.41, 5.74) is 3.67. The summed E-state index contributed by atoms with van der Waals surface area (Å²) in [6.07, 6.45) is 1.57. The van der Waals surface area contributed by atoms with Gasteiger partial charge in [-0.2, -0.15) is 0 Å². The Morgan fingerprint density at radius 1 is 1.56 bits per heavy atom. The average Bonchev–Trinajstić information content (AvgIpc) is 2.29. The van der Waals surface area contributed by atoms with Crippen LogP contribution >= 0.6 is 15.9 Å². The zero-order valence-electron chi connectivity index (χ0n) is 9.06. The van der Waals surface area contributed by atoms with E-state index >= 15 is 0 Å². The van der Waals surface area contributed by atoms with E-state index in [2.05, 4.69) is 33.2 Å². The molecule has 1 unspecified atom stereocenters. The van der Waals surface area contributed by atoms with Gasteiger partial charge in [-0.3, -0.25) is 11.3 Å². The zero-order chi connectivity index (χ0) is 12.0. The molecule has 2 nitrogen and oxygen atoms in total. The van der Waals surface area contributed by atoms with Crippen molar-refractivity contribution in [2.75, 3.05) is 0 Å². The molecule has 0 saturated heterocycles. The van der Waals surface area contributed by atoms with E-state index in [0.717, 1.165) is 18.4 Å². The van der Waals surface area contributed by atoms with Crippen molar-refractivity contribution in [2.24, 2.45) is 5.84 Å². The van der Waals surface area contributed by atoms with Gasteiger partial charge < -0.3 is 0 Å². The zero-order valence-corrected chi connectivity index (χ0v) is 10.6. The first-order valence-corrected chi connectivity index (χ1v) is 5.79. The minimum Gasteiger partial charge on any atom is -0.271 e. The lowest BCUT2D eigenvalue weighted by Gasteiger charge is -2.15. The van der Waals surface area contributed by atoms with Crippen molar-refractivity contribution in [2.45, 2.75) is 25.8 Å². The fourth-order valence-corrected chi connectivity index (χ4v) is 1.81. The van der Waals surface area contributed by atoms with Crippen LogP contribution in [0.1, 0.15) is 31.4 Å². The summed E-state index contributed by atoms with van der Waals surface area (Å²) in [5.74, 6) is 11.0. The van der Waals surface area contributed by atoms with E-state index in [4.69, 9.17) is 5.84 Å². The van der Waals surface area contributed by atoms with Crippen LogP contribution in [0.25, 0.3) is 0 Å². The highest BCUT2D eigenvalue weighted by molar-refractivity contribution is 9.10. The molecule has 86 valence electrons. The largest absolute Gasteiger partial charge is 0.271 e. The lowest BCUT2D eigenvalue weighted by Crippen LogP contribution is -2.27. The van der Waals surface area contributed by atoms with E-state index in [0.29, 0.717) is 4.47 Å². The molecule has 1 atom stereocenters. The van der Waals surface area contributed by atoms with Crippen molar-refractivity contribution >= 4 is 15.9 Å². The summed E-state index contributed by atoms with van der Waals surface area (Å²) in [6.45, 7) is 1.80. The van der Waals surface area contributed by atoms with Crippen LogP contribution in [0, 0.1) is 17.7 Å². The van der Waals surface area contributed by atoms with Crippen LogP contribution < -0.4 is 11.3 Å². The first kappa shape index (κ1) is 13.2. The first-order valence-electron chi connectivity index (χ1n) is 4.99. The molecular weight excluding hydrogens is 271 g/mol. The topological polar surface area (TPSA) is 38.0 Å². The summed E-state index contributed by atoms with van der Waals surface area (Å²) < 4.78 is 13.5. The van der Waals surface area contributed by atoms with Crippen molar-refractivity contribution in [3.8, 4) is 11.8 Å². The van der Waals surface area contributed by atoms with Crippen LogP contribution in [0.4, 0.5) is 4.39 Å². The van der Waals surface area contributed by atoms with Crippen LogP contribution in [-0.2, 0) is 0 Å². The summed E-state index contributed by atoms with van der Waals surface area (Å²) in [4.78, 5) is 0. The maximum absolute atomic E-state index is 13.1. The Kier molecular flexibility index (Phi) is 5.47. The predicted molar refractivity (Wildman–Crippen MR) is 66.8 cm³/mol. The molecule has 0 aliphatic carbocycles. The van der Waals surface area contributed by atoms with E-state index in [1.807, 2.05) is 0 Å². The molecule has 1 aromatic carbocycles. The molecule has 0 radical (unpaired) electrons. The Hall–Kier alpha value is -0.890. The summed E-state index contributed by atoms with van der Waals surface area (Å²) in [7, 11) is 0. The molecule has 0 saturated carbocycles. The average molecular weight is 285 g/mol. The van der Waals surface area contributed by atoms with Crippen molar-refractivity contribution in [1.82, 2.24) is 5.43 Å². The molecule has 4 heteroatoms. The van der Waals surface area contributed by atoms with Crippen molar-refractivity contribution in [3.05, 3.63) is 34.1 Å². The van der Waals surface area contributed by atoms with Gasteiger partial charge in [0.25, 0.3) is 0 Å². The second kappa shape index (κ2) is 6.64. The highest BCUT2D eigenvalue weighted by atomic mass is 79.9. The molecule has 3 N–H and O–H groups in total. The Balaban J connectivity index is 2.77. The Bertz CT molecular complexity index is 409. The number of rotatable bonds is 4. The smallest absolute Gasteiger partial charge is 0.137 e. The van der Waals surface area contributed by atoms with E-state index in [1.165, 1.54) is 6.07 Å². The minimum absolute atomic E-state index is 0.00208. The van der Waals surface area contributed by atoms with E-state index in [1.54, 1.807) is 19.1 Å². The Morgan fingerprint density at radius 3 is 2.88 bits per heavy atom. The SMILES string of the molecule is CC#CCCC(NN)c1ccc(F)c(Br)c1. The molecule has 16 heavy (non-hydrogen) atoms. The maximum Gasteiger partial charge on any atom is 0.137 e. The van der Waals surface area contributed by atoms with E-state index in [9.17, 15) is 4.39 Å². The maximum atomic E-state index is 13.1. The van der Waals surface area contributed by atoms with Gasteiger partial charge in [-0.25, -0.2) is 4.39 Å². The molecule has 0 aliphatic rings. The third kappa shape index (κ3) is 3.60. The molecule has 0 heterocycles. The highest BCUT2D eigenvalue weighted by Crippen LogP contribution is 2.23. The molecule has 0 amide bonds. The van der Waals surface area contributed by atoms with Crippen LogP contribution in [0.15, 0.2) is 22.7 Å². The molecule has 0 fully saturated rings. The Morgan fingerprint density at radius 2 is 2.31 bits per heavy atom. The van der Waals surface area contributed by atoms with Crippen LogP contribution in [0.5, 0.6) is 0 Å². The van der Waals surface area contributed by atoms with Gasteiger partial charge in [-0.05, 0) is 47.0 Å². The summed E-state index contributed by atoms with van der Waals surface area (Å²) in [5, 5.41) is 0. The third-order valence-corrected chi connectivity index (χ3v) is 2.89. The van der Waals surface area contributed by atoms with Gasteiger partial charge in [0.05, 0.1) is 4.47 Å². The standard InChI is InChI=1S/C12H14BrFN2/c1-2-3-4-5-12(16-15)9-6-7-11(14)10(13)8-9/h6-8,12,16H,4-5,15H2,1H3. The number of nitrogens with one attached hydrogen (secondary N) is 1. The lowest BCUT2D eigenvalue weighted by atomic mass is 10.0. The molecule has 0 aromatic heterocycles. The van der Waals surface area contributed by atoms with Crippen molar-refractivity contribution in [3.63, 3.8) is 0 Å². The third-order valence-electron chi connectivity index (χ3n) is 2.28. The molecule has 0 spiro atoms.